The topological polar surface area (TPSA) is 58.2 Å². The zero-order chi connectivity index (χ0) is 12.3. The monoisotopic (exact) mass is 230 g/mol. The highest BCUT2D eigenvalue weighted by Gasteiger charge is 2.43. The van der Waals surface area contributed by atoms with Crippen LogP contribution in [-0.4, -0.2) is 18.4 Å². The molecule has 2 rings (SSSR count). The minimum Gasteiger partial charge on any atom is -0.345 e. The number of rotatable bonds is 3. The molecular weight excluding hydrogens is 216 g/mol. The molecule has 0 saturated carbocycles. The van der Waals surface area contributed by atoms with Crippen LogP contribution in [0.1, 0.15) is 12.0 Å². The Balaban J connectivity index is 2.47. The molecule has 1 aromatic carbocycles. The molecule has 1 heterocycles. The second-order valence-electron chi connectivity index (χ2n) is 4.00. The highest BCUT2D eigenvalue weighted by Crippen LogP contribution is 2.27. The Morgan fingerprint density at radius 1 is 1.29 bits per heavy atom. The fourth-order valence-corrected chi connectivity index (χ4v) is 2.05. The van der Waals surface area contributed by atoms with E-state index in [2.05, 4.69) is 17.2 Å². The van der Waals surface area contributed by atoms with Gasteiger partial charge in [0.05, 0.1) is 6.54 Å². The summed E-state index contributed by atoms with van der Waals surface area (Å²) in [4.78, 5) is 23.6. The van der Waals surface area contributed by atoms with Gasteiger partial charge in [0, 0.05) is 6.42 Å². The molecule has 1 aromatic rings. The maximum atomic E-state index is 12.1. The third-order valence-electron chi connectivity index (χ3n) is 2.87. The van der Waals surface area contributed by atoms with Crippen molar-refractivity contribution >= 4 is 11.8 Å². The molecule has 1 aliphatic heterocycles. The Morgan fingerprint density at radius 3 is 2.65 bits per heavy atom. The van der Waals surface area contributed by atoms with Gasteiger partial charge >= 0.3 is 0 Å². The van der Waals surface area contributed by atoms with Crippen LogP contribution in [0.15, 0.2) is 43.0 Å². The number of benzene rings is 1. The Hall–Kier alpha value is -2.10. The van der Waals surface area contributed by atoms with Gasteiger partial charge in [-0.1, -0.05) is 36.4 Å². The standard InChI is InChI=1S/C13H14N2O2/c1-2-8-13(10-6-4-3-5-7-10)12(17)14-9-11(16)15-13/h2-7H,1,8-9H2,(H,14,17)(H,15,16). The fourth-order valence-electron chi connectivity index (χ4n) is 2.05. The third-order valence-corrected chi connectivity index (χ3v) is 2.87. The largest absolute Gasteiger partial charge is 0.345 e. The molecule has 17 heavy (non-hydrogen) atoms. The van der Waals surface area contributed by atoms with Crippen molar-refractivity contribution < 1.29 is 9.59 Å². The molecule has 1 atom stereocenters. The molecule has 1 aliphatic rings. The molecule has 1 saturated heterocycles. The molecule has 2 N–H and O–H groups in total. The maximum Gasteiger partial charge on any atom is 0.251 e. The summed E-state index contributed by atoms with van der Waals surface area (Å²) in [5.41, 5.74) is -0.247. The predicted molar refractivity (Wildman–Crippen MR) is 64.1 cm³/mol. The van der Waals surface area contributed by atoms with Crippen molar-refractivity contribution in [3.63, 3.8) is 0 Å². The van der Waals surface area contributed by atoms with Gasteiger partial charge in [0.1, 0.15) is 5.54 Å². The molecule has 1 fully saturated rings. The van der Waals surface area contributed by atoms with Crippen molar-refractivity contribution in [2.75, 3.05) is 6.54 Å². The first-order valence-electron chi connectivity index (χ1n) is 5.45. The quantitative estimate of drug-likeness (QED) is 0.751. The van der Waals surface area contributed by atoms with E-state index >= 15 is 0 Å². The second-order valence-corrected chi connectivity index (χ2v) is 4.00. The molecule has 0 radical (unpaired) electrons. The molecule has 0 aromatic heterocycles. The van der Waals surface area contributed by atoms with Crippen LogP contribution in [0.3, 0.4) is 0 Å². The van der Waals surface area contributed by atoms with Gasteiger partial charge in [-0.2, -0.15) is 0 Å². The zero-order valence-electron chi connectivity index (χ0n) is 9.40. The van der Waals surface area contributed by atoms with E-state index in [1.165, 1.54) is 0 Å². The summed E-state index contributed by atoms with van der Waals surface area (Å²) < 4.78 is 0. The first-order valence-corrected chi connectivity index (χ1v) is 5.45. The van der Waals surface area contributed by atoms with E-state index in [1.54, 1.807) is 6.08 Å². The summed E-state index contributed by atoms with van der Waals surface area (Å²) in [5, 5.41) is 5.38. The van der Waals surface area contributed by atoms with Crippen molar-refractivity contribution in [3.8, 4) is 0 Å². The lowest BCUT2D eigenvalue weighted by Gasteiger charge is -2.36. The average Bonchev–Trinajstić information content (AvgIpc) is 2.35. The van der Waals surface area contributed by atoms with Crippen molar-refractivity contribution in [2.45, 2.75) is 12.0 Å². The zero-order valence-corrected chi connectivity index (χ0v) is 9.40. The SMILES string of the molecule is C=CCC1(c2ccccc2)NC(=O)CNC1=O. The van der Waals surface area contributed by atoms with E-state index in [0.717, 1.165) is 5.56 Å². The van der Waals surface area contributed by atoms with Crippen LogP contribution in [0.2, 0.25) is 0 Å². The van der Waals surface area contributed by atoms with Gasteiger partial charge < -0.3 is 10.6 Å². The summed E-state index contributed by atoms with van der Waals surface area (Å²) in [6.45, 7) is 3.69. The van der Waals surface area contributed by atoms with Crippen LogP contribution in [0, 0.1) is 0 Å². The van der Waals surface area contributed by atoms with Crippen molar-refractivity contribution in [1.29, 1.82) is 0 Å². The lowest BCUT2D eigenvalue weighted by molar-refractivity contribution is -0.139. The minimum absolute atomic E-state index is 0.0323. The first kappa shape index (κ1) is 11.4. The van der Waals surface area contributed by atoms with Gasteiger partial charge in [-0.25, -0.2) is 0 Å². The molecule has 0 bridgehead atoms. The summed E-state index contributed by atoms with van der Waals surface area (Å²) in [5.74, 6) is -0.376. The molecule has 1 unspecified atom stereocenters. The fraction of sp³-hybridized carbons (Fsp3) is 0.231. The Labute approximate surface area is 99.7 Å². The molecule has 0 aliphatic carbocycles. The van der Waals surface area contributed by atoms with Crippen molar-refractivity contribution in [3.05, 3.63) is 48.6 Å². The third kappa shape index (κ3) is 1.93. The smallest absolute Gasteiger partial charge is 0.251 e. The van der Waals surface area contributed by atoms with Gasteiger partial charge in [-0.05, 0) is 5.56 Å². The number of carbonyl (C=O) groups is 2. The van der Waals surface area contributed by atoms with Crippen LogP contribution in [-0.2, 0) is 15.1 Å². The molecule has 0 spiro atoms. The highest BCUT2D eigenvalue weighted by molar-refractivity contribution is 5.98. The second kappa shape index (κ2) is 4.41. The van der Waals surface area contributed by atoms with Crippen LogP contribution >= 0.6 is 0 Å². The molecule has 2 amide bonds. The molecule has 4 heteroatoms. The maximum absolute atomic E-state index is 12.1. The lowest BCUT2D eigenvalue weighted by Crippen LogP contribution is -2.63. The van der Waals surface area contributed by atoms with E-state index in [0.29, 0.717) is 6.42 Å². The summed E-state index contributed by atoms with van der Waals surface area (Å²) >= 11 is 0. The minimum atomic E-state index is -1.02. The van der Waals surface area contributed by atoms with Crippen molar-refractivity contribution in [1.82, 2.24) is 10.6 Å². The van der Waals surface area contributed by atoms with E-state index in [-0.39, 0.29) is 18.4 Å². The number of hydrogen-bond acceptors (Lipinski definition) is 2. The van der Waals surface area contributed by atoms with Gasteiger partial charge in [0.15, 0.2) is 0 Å². The molecule has 4 nitrogen and oxygen atoms in total. The normalized spacial score (nSPS) is 23.8. The van der Waals surface area contributed by atoms with Gasteiger partial charge in [-0.15, -0.1) is 6.58 Å². The van der Waals surface area contributed by atoms with E-state index in [4.69, 9.17) is 0 Å². The van der Waals surface area contributed by atoms with Crippen molar-refractivity contribution in [2.24, 2.45) is 0 Å². The molecular formula is C13H14N2O2. The average molecular weight is 230 g/mol. The lowest BCUT2D eigenvalue weighted by atomic mass is 9.84. The Kier molecular flexibility index (Phi) is 2.95. The van der Waals surface area contributed by atoms with E-state index in [1.807, 2.05) is 30.3 Å². The predicted octanol–water partition coefficient (Wildman–Crippen LogP) is 0.704. The van der Waals surface area contributed by atoms with Crippen LogP contribution in [0.25, 0.3) is 0 Å². The summed E-state index contributed by atoms with van der Waals surface area (Å²) in [6.07, 6.45) is 2.01. The number of nitrogens with one attached hydrogen (secondary N) is 2. The number of piperazine rings is 1. The van der Waals surface area contributed by atoms with Crippen LogP contribution in [0.5, 0.6) is 0 Å². The van der Waals surface area contributed by atoms with E-state index in [9.17, 15) is 9.59 Å². The van der Waals surface area contributed by atoms with Gasteiger partial charge in [-0.3, -0.25) is 9.59 Å². The van der Waals surface area contributed by atoms with Gasteiger partial charge in [0.2, 0.25) is 5.91 Å². The number of amides is 2. The Bertz CT molecular complexity index is 456. The molecule has 88 valence electrons. The Morgan fingerprint density at radius 2 is 2.00 bits per heavy atom. The number of hydrogen-bond donors (Lipinski definition) is 2. The van der Waals surface area contributed by atoms with Gasteiger partial charge in [0.25, 0.3) is 5.91 Å². The van der Waals surface area contributed by atoms with Crippen LogP contribution < -0.4 is 10.6 Å². The first-order chi connectivity index (χ1) is 8.19. The highest BCUT2D eigenvalue weighted by atomic mass is 16.2. The van der Waals surface area contributed by atoms with E-state index < -0.39 is 5.54 Å². The summed E-state index contributed by atoms with van der Waals surface area (Å²) in [7, 11) is 0. The number of carbonyl (C=O) groups excluding carboxylic acids is 2. The summed E-state index contributed by atoms with van der Waals surface area (Å²) in [6, 6.07) is 9.21. The van der Waals surface area contributed by atoms with Crippen LogP contribution in [0.4, 0.5) is 0 Å².